The molecule has 0 radical (unpaired) electrons. The predicted molar refractivity (Wildman–Crippen MR) is 93.2 cm³/mol. The molecule has 0 aromatic carbocycles. The summed E-state index contributed by atoms with van der Waals surface area (Å²) >= 11 is 0. The van der Waals surface area contributed by atoms with Crippen LogP contribution in [0.3, 0.4) is 0 Å². The van der Waals surface area contributed by atoms with Gasteiger partial charge in [-0.2, -0.15) is 4.98 Å². The second-order valence-electron chi connectivity index (χ2n) is 6.50. The van der Waals surface area contributed by atoms with E-state index in [1.54, 1.807) is 13.2 Å². The molecule has 26 heavy (non-hydrogen) atoms. The zero-order valence-electron chi connectivity index (χ0n) is 14.9. The van der Waals surface area contributed by atoms with Crippen molar-refractivity contribution in [1.29, 1.82) is 0 Å². The topological polar surface area (TPSA) is 85.3 Å². The Morgan fingerprint density at radius 3 is 3.00 bits per heavy atom. The Hall–Kier alpha value is -2.96. The highest BCUT2D eigenvalue weighted by atomic mass is 16.5. The van der Waals surface area contributed by atoms with Crippen LogP contribution in [0, 0.1) is 6.92 Å². The fraction of sp³-hybridized carbons (Fsp3) is 0.368. The van der Waals surface area contributed by atoms with Crippen molar-refractivity contribution in [3.63, 3.8) is 0 Å². The summed E-state index contributed by atoms with van der Waals surface area (Å²) in [5.41, 5.74) is 4.01. The van der Waals surface area contributed by atoms with Gasteiger partial charge in [0.05, 0.1) is 6.26 Å². The first kappa shape index (κ1) is 16.5. The Labute approximate surface area is 151 Å². The Kier molecular flexibility index (Phi) is 4.28. The standard InChI is InChI=1S/C19H20N4O3/c1-12-18(16-7-8-23(13(2)24)11-14(16)10-20-12)19-21-17(26-22-19)6-5-15-4-3-9-25-15/h3-4,9-10H,5-8,11H2,1-2H3. The van der Waals surface area contributed by atoms with E-state index >= 15 is 0 Å². The summed E-state index contributed by atoms with van der Waals surface area (Å²) in [6, 6.07) is 3.80. The smallest absolute Gasteiger partial charge is 0.227 e. The van der Waals surface area contributed by atoms with E-state index in [1.807, 2.05) is 30.2 Å². The summed E-state index contributed by atoms with van der Waals surface area (Å²) in [7, 11) is 0. The minimum absolute atomic E-state index is 0.0811. The number of aromatic nitrogens is 3. The lowest BCUT2D eigenvalue weighted by Crippen LogP contribution is -2.34. The van der Waals surface area contributed by atoms with Gasteiger partial charge in [-0.15, -0.1) is 0 Å². The largest absolute Gasteiger partial charge is 0.469 e. The third kappa shape index (κ3) is 3.12. The maximum absolute atomic E-state index is 11.7. The van der Waals surface area contributed by atoms with Crippen LogP contribution in [-0.4, -0.2) is 32.5 Å². The minimum atomic E-state index is 0.0811. The number of carbonyl (C=O) groups excluding carboxylic acids is 1. The highest BCUT2D eigenvalue weighted by molar-refractivity contribution is 5.74. The van der Waals surface area contributed by atoms with Gasteiger partial charge >= 0.3 is 0 Å². The Morgan fingerprint density at radius 1 is 1.35 bits per heavy atom. The van der Waals surface area contributed by atoms with Crippen molar-refractivity contribution in [2.45, 2.75) is 39.7 Å². The van der Waals surface area contributed by atoms with Crippen molar-refractivity contribution in [3.8, 4) is 11.4 Å². The van der Waals surface area contributed by atoms with Crippen molar-refractivity contribution in [1.82, 2.24) is 20.0 Å². The summed E-state index contributed by atoms with van der Waals surface area (Å²) in [5, 5.41) is 4.17. The van der Waals surface area contributed by atoms with Crippen LogP contribution < -0.4 is 0 Å². The molecule has 1 aliphatic heterocycles. The van der Waals surface area contributed by atoms with Crippen molar-refractivity contribution in [3.05, 3.63) is 53.1 Å². The molecule has 3 aromatic rings. The Bertz CT molecular complexity index is 930. The van der Waals surface area contributed by atoms with Crippen LogP contribution in [-0.2, 0) is 30.6 Å². The van der Waals surface area contributed by atoms with E-state index < -0.39 is 0 Å². The molecule has 4 heterocycles. The Balaban J connectivity index is 1.60. The van der Waals surface area contributed by atoms with Gasteiger partial charge < -0.3 is 13.8 Å². The van der Waals surface area contributed by atoms with Gasteiger partial charge in [-0.05, 0) is 36.6 Å². The molecule has 0 fully saturated rings. The zero-order chi connectivity index (χ0) is 18.1. The van der Waals surface area contributed by atoms with E-state index in [0.29, 0.717) is 37.6 Å². The number of hydrogen-bond acceptors (Lipinski definition) is 6. The van der Waals surface area contributed by atoms with Gasteiger partial charge in [-0.3, -0.25) is 9.78 Å². The first-order valence-electron chi connectivity index (χ1n) is 8.70. The van der Waals surface area contributed by atoms with Gasteiger partial charge in [0.15, 0.2) is 0 Å². The fourth-order valence-corrected chi connectivity index (χ4v) is 3.36. The lowest BCUT2D eigenvalue weighted by atomic mass is 9.94. The number of furan rings is 1. The number of rotatable bonds is 4. The van der Waals surface area contributed by atoms with E-state index in [4.69, 9.17) is 8.94 Å². The van der Waals surface area contributed by atoms with Crippen molar-refractivity contribution in [2.75, 3.05) is 6.54 Å². The molecule has 0 saturated carbocycles. The molecular formula is C19H20N4O3. The average molecular weight is 352 g/mol. The maximum Gasteiger partial charge on any atom is 0.227 e. The first-order valence-corrected chi connectivity index (χ1v) is 8.70. The molecule has 134 valence electrons. The van der Waals surface area contributed by atoms with E-state index in [2.05, 4.69) is 15.1 Å². The SMILES string of the molecule is CC(=O)N1CCc2c(cnc(C)c2-c2noc(CCc3ccco3)n2)C1. The minimum Gasteiger partial charge on any atom is -0.469 e. The van der Waals surface area contributed by atoms with E-state index in [1.165, 1.54) is 0 Å². The van der Waals surface area contributed by atoms with Crippen LogP contribution in [0.1, 0.15) is 35.4 Å². The summed E-state index contributed by atoms with van der Waals surface area (Å²) < 4.78 is 10.8. The number of hydrogen-bond donors (Lipinski definition) is 0. The van der Waals surface area contributed by atoms with Gasteiger partial charge in [0.1, 0.15) is 5.76 Å². The van der Waals surface area contributed by atoms with Gasteiger partial charge in [0, 0.05) is 50.3 Å². The van der Waals surface area contributed by atoms with Gasteiger partial charge in [-0.1, -0.05) is 5.16 Å². The molecule has 0 atom stereocenters. The Morgan fingerprint density at radius 2 is 2.23 bits per heavy atom. The zero-order valence-corrected chi connectivity index (χ0v) is 14.9. The van der Waals surface area contributed by atoms with Crippen LogP contribution in [0.5, 0.6) is 0 Å². The molecule has 7 heteroatoms. The number of carbonyl (C=O) groups is 1. The third-order valence-corrected chi connectivity index (χ3v) is 4.76. The van der Waals surface area contributed by atoms with Crippen LogP contribution in [0.15, 0.2) is 33.5 Å². The predicted octanol–water partition coefficient (Wildman–Crippen LogP) is 2.72. The second-order valence-corrected chi connectivity index (χ2v) is 6.50. The van der Waals surface area contributed by atoms with E-state index in [-0.39, 0.29) is 5.91 Å². The number of fused-ring (bicyclic) bond motifs is 1. The van der Waals surface area contributed by atoms with Crippen LogP contribution in [0.4, 0.5) is 0 Å². The molecule has 0 N–H and O–H groups in total. The quantitative estimate of drug-likeness (QED) is 0.718. The molecule has 0 spiro atoms. The number of aryl methyl sites for hydroxylation is 3. The monoisotopic (exact) mass is 352 g/mol. The molecule has 0 unspecified atom stereocenters. The molecular weight excluding hydrogens is 332 g/mol. The van der Waals surface area contributed by atoms with Crippen LogP contribution in [0.25, 0.3) is 11.4 Å². The van der Waals surface area contributed by atoms with Crippen molar-refractivity contribution < 1.29 is 13.7 Å². The lowest BCUT2D eigenvalue weighted by Gasteiger charge is -2.29. The summed E-state index contributed by atoms with van der Waals surface area (Å²) in [6.07, 6.45) is 5.61. The van der Waals surface area contributed by atoms with Crippen LogP contribution in [0.2, 0.25) is 0 Å². The molecule has 1 amide bonds. The molecule has 4 rings (SSSR count). The molecule has 0 aliphatic carbocycles. The highest BCUT2D eigenvalue weighted by Crippen LogP contribution is 2.30. The molecule has 0 saturated heterocycles. The molecule has 7 nitrogen and oxygen atoms in total. The number of pyridine rings is 1. The van der Waals surface area contributed by atoms with Gasteiger partial charge in [0.2, 0.25) is 17.6 Å². The summed E-state index contributed by atoms with van der Waals surface area (Å²) in [5.74, 6) is 2.12. The molecule has 0 bridgehead atoms. The molecule has 3 aromatic heterocycles. The average Bonchev–Trinajstić information content (AvgIpc) is 3.31. The van der Waals surface area contributed by atoms with Gasteiger partial charge in [0.25, 0.3) is 0 Å². The first-order chi connectivity index (χ1) is 12.6. The van der Waals surface area contributed by atoms with E-state index in [0.717, 1.165) is 34.6 Å². The van der Waals surface area contributed by atoms with Crippen LogP contribution >= 0.6 is 0 Å². The lowest BCUT2D eigenvalue weighted by molar-refractivity contribution is -0.129. The summed E-state index contributed by atoms with van der Waals surface area (Å²) in [4.78, 5) is 22.5. The maximum atomic E-state index is 11.7. The van der Waals surface area contributed by atoms with Crippen molar-refractivity contribution in [2.24, 2.45) is 0 Å². The number of amides is 1. The fourth-order valence-electron chi connectivity index (χ4n) is 3.36. The highest BCUT2D eigenvalue weighted by Gasteiger charge is 2.25. The van der Waals surface area contributed by atoms with Gasteiger partial charge in [-0.25, -0.2) is 0 Å². The van der Waals surface area contributed by atoms with Crippen molar-refractivity contribution >= 4 is 5.91 Å². The molecule has 1 aliphatic rings. The normalized spacial score (nSPS) is 13.7. The third-order valence-electron chi connectivity index (χ3n) is 4.76. The number of nitrogens with zero attached hydrogens (tertiary/aromatic N) is 4. The van der Waals surface area contributed by atoms with E-state index in [9.17, 15) is 4.79 Å². The summed E-state index contributed by atoms with van der Waals surface area (Å²) in [6.45, 7) is 4.82. The second kappa shape index (κ2) is 6.74.